The van der Waals surface area contributed by atoms with E-state index in [9.17, 15) is 0 Å². The van der Waals surface area contributed by atoms with E-state index in [0.29, 0.717) is 0 Å². The number of methoxy groups -OCH3 is 1. The van der Waals surface area contributed by atoms with Gasteiger partial charge in [0.1, 0.15) is 5.75 Å². The smallest absolute Gasteiger partial charge is 0.119 e. The van der Waals surface area contributed by atoms with Gasteiger partial charge in [-0.2, -0.15) is 0 Å². The maximum atomic E-state index is 5.43. The number of ether oxygens (including phenoxy) is 1. The Balaban J connectivity index is 2.02. The fourth-order valence-electron chi connectivity index (χ4n) is 3.93. The minimum Gasteiger partial charge on any atom is -0.497 e. The van der Waals surface area contributed by atoms with Crippen LogP contribution in [0.15, 0.2) is 18.2 Å². The molecule has 22 heavy (non-hydrogen) atoms. The van der Waals surface area contributed by atoms with E-state index in [1.165, 1.54) is 60.8 Å². The van der Waals surface area contributed by atoms with Gasteiger partial charge in [-0.3, -0.25) is 0 Å². The third kappa shape index (κ3) is 3.05. The number of hydrogen-bond donors (Lipinski definition) is 0. The summed E-state index contributed by atoms with van der Waals surface area (Å²) in [7, 11) is 1.75. The average molecular weight is 364 g/mol. The van der Waals surface area contributed by atoms with Crippen LogP contribution in [0.1, 0.15) is 43.4 Å². The summed E-state index contributed by atoms with van der Waals surface area (Å²) >= 11 is 3.61. The molecule has 0 saturated heterocycles. The van der Waals surface area contributed by atoms with Crippen LogP contribution in [0, 0.1) is 12.8 Å². The predicted molar refractivity (Wildman–Crippen MR) is 97.3 cm³/mol. The first-order valence-corrected chi connectivity index (χ1v) is 9.58. The summed E-state index contributed by atoms with van der Waals surface area (Å²) < 4.78 is 7.99. The molecule has 1 fully saturated rings. The minimum absolute atomic E-state index is 0.849. The van der Waals surface area contributed by atoms with Crippen LogP contribution in [0.5, 0.6) is 5.75 Å². The summed E-state index contributed by atoms with van der Waals surface area (Å²) in [6.07, 6.45) is 8.10. The van der Waals surface area contributed by atoms with Gasteiger partial charge in [-0.15, -0.1) is 0 Å². The fourth-order valence-corrected chi connectivity index (χ4v) is 4.33. The minimum atomic E-state index is 0.849. The molecular formula is C19H26BrNO. The molecule has 0 unspecified atom stereocenters. The summed E-state index contributed by atoms with van der Waals surface area (Å²) in [5.41, 5.74) is 4.29. The molecule has 1 aromatic carbocycles. The maximum Gasteiger partial charge on any atom is 0.119 e. The number of aryl methyl sites for hydroxylation is 1. The van der Waals surface area contributed by atoms with E-state index in [2.05, 4.69) is 45.6 Å². The summed E-state index contributed by atoms with van der Waals surface area (Å²) in [4.78, 5) is 0. The Kier molecular flexibility index (Phi) is 5.12. The molecular weight excluding hydrogens is 338 g/mol. The van der Waals surface area contributed by atoms with Gasteiger partial charge in [0.15, 0.2) is 0 Å². The lowest BCUT2D eigenvalue weighted by molar-refractivity contribution is 0.321. The zero-order valence-corrected chi connectivity index (χ0v) is 15.3. The van der Waals surface area contributed by atoms with E-state index < -0.39 is 0 Å². The number of nitrogens with zero attached hydrogens (tertiary/aromatic N) is 1. The molecule has 1 saturated carbocycles. The van der Waals surface area contributed by atoms with Gasteiger partial charge in [0.25, 0.3) is 0 Å². The van der Waals surface area contributed by atoms with E-state index in [-0.39, 0.29) is 0 Å². The molecule has 0 bridgehead atoms. The molecule has 3 rings (SSSR count). The molecule has 1 aliphatic rings. The predicted octanol–water partition coefficient (Wildman–Crippen LogP) is 5.48. The van der Waals surface area contributed by atoms with Crippen molar-refractivity contribution >= 4 is 26.8 Å². The van der Waals surface area contributed by atoms with Crippen molar-refractivity contribution in [1.82, 2.24) is 4.57 Å². The Labute approximate surface area is 142 Å². The van der Waals surface area contributed by atoms with Crippen LogP contribution in [0.4, 0.5) is 0 Å². The van der Waals surface area contributed by atoms with Crippen molar-refractivity contribution in [2.24, 2.45) is 5.92 Å². The Morgan fingerprint density at radius 3 is 2.68 bits per heavy atom. The number of alkyl halides is 1. The average Bonchev–Trinajstić information content (AvgIpc) is 2.81. The molecule has 1 heterocycles. The molecule has 0 spiro atoms. The zero-order chi connectivity index (χ0) is 15.5. The zero-order valence-electron chi connectivity index (χ0n) is 13.7. The van der Waals surface area contributed by atoms with E-state index in [0.717, 1.165) is 23.4 Å². The van der Waals surface area contributed by atoms with Crippen LogP contribution in [-0.2, 0) is 13.0 Å². The lowest BCUT2D eigenvalue weighted by Crippen LogP contribution is -2.15. The largest absolute Gasteiger partial charge is 0.497 e. The molecule has 120 valence electrons. The highest BCUT2D eigenvalue weighted by molar-refractivity contribution is 9.09. The molecule has 0 amide bonds. The van der Waals surface area contributed by atoms with Gasteiger partial charge in [-0.25, -0.2) is 0 Å². The van der Waals surface area contributed by atoms with Crippen molar-refractivity contribution < 1.29 is 4.74 Å². The molecule has 3 heteroatoms. The number of hydrogen-bond acceptors (Lipinski definition) is 1. The van der Waals surface area contributed by atoms with E-state index in [1.54, 1.807) is 7.11 Å². The summed E-state index contributed by atoms with van der Waals surface area (Å²) in [6.45, 7) is 3.46. The number of rotatable bonds is 5. The van der Waals surface area contributed by atoms with E-state index in [1.807, 2.05) is 0 Å². The highest BCUT2D eigenvalue weighted by Gasteiger charge is 2.19. The third-order valence-corrected chi connectivity index (χ3v) is 5.57. The van der Waals surface area contributed by atoms with Crippen molar-refractivity contribution in [3.8, 4) is 5.75 Å². The second-order valence-corrected chi connectivity index (χ2v) is 7.29. The summed E-state index contributed by atoms with van der Waals surface area (Å²) in [5.74, 6) is 1.81. The molecule has 1 aromatic heterocycles. The Hall–Kier alpha value is -0.960. The highest BCUT2D eigenvalue weighted by Crippen LogP contribution is 2.33. The fraction of sp³-hybridized carbons (Fsp3) is 0.579. The molecule has 2 aromatic rings. The summed E-state index contributed by atoms with van der Waals surface area (Å²) in [6, 6.07) is 6.54. The van der Waals surface area contributed by atoms with Crippen molar-refractivity contribution in [3.63, 3.8) is 0 Å². The van der Waals surface area contributed by atoms with Crippen LogP contribution in [0.3, 0.4) is 0 Å². The number of benzene rings is 1. The first kappa shape index (κ1) is 15.9. The molecule has 0 atom stereocenters. The van der Waals surface area contributed by atoms with Gasteiger partial charge in [0, 0.05) is 28.5 Å². The van der Waals surface area contributed by atoms with Gasteiger partial charge in [-0.05, 0) is 55.9 Å². The van der Waals surface area contributed by atoms with Crippen molar-refractivity contribution in [2.45, 2.75) is 52.0 Å². The Morgan fingerprint density at radius 1 is 1.23 bits per heavy atom. The Bertz CT molecular complexity index is 640. The number of aromatic nitrogens is 1. The van der Waals surface area contributed by atoms with Crippen LogP contribution >= 0.6 is 15.9 Å². The third-order valence-electron chi connectivity index (χ3n) is 5.17. The standard InChI is InChI=1S/C19H26BrNO/c1-14-17(10-11-20)18-12-16(22-2)8-9-19(18)21(14)13-15-6-4-3-5-7-15/h8-9,12,15H,3-7,10-11,13H2,1-2H3. The van der Waals surface area contributed by atoms with Crippen molar-refractivity contribution in [2.75, 3.05) is 12.4 Å². The summed E-state index contributed by atoms with van der Waals surface area (Å²) in [5, 5.41) is 2.38. The van der Waals surface area contributed by atoms with Crippen LogP contribution in [0.2, 0.25) is 0 Å². The molecule has 0 aliphatic heterocycles. The second kappa shape index (κ2) is 7.08. The lowest BCUT2D eigenvalue weighted by atomic mass is 9.89. The number of fused-ring (bicyclic) bond motifs is 1. The monoisotopic (exact) mass is 363 g/mol. The first-order chi connectivity index (χ1) is 10.7. The lowest BCUT2D eigenvalue weighted by Gasteiger charge is -2.23. The van der Waals surface area contributed by atoms with Crippen LogP contribution in [-0.4, -0.2) is 17.0 Å². The molecule has 0 radical (unpaired) electrons. The normalized spacial score (nSPS) is 16.3. The highest BCUT2D eigenvalue weighted by atomic mass is 79.9. The second-order valence-electron chi connectivity index (χ2n) is 6.50. The maximum absolute atomic E-state index is 5.43. The van der Waals surface area contributed by atoms with Crippen molar-refractivity contribution in [1.29, 1.82) is 0 Å². The van der Waals surface area contributed by atoms with Gasteiger partial charge >= 0.3 is 0 Å². The Morgan fingerprint density at radius 2 is 2.00 bits per heavy atom. The van der Waals surface area contributed by atoms with Gasteiger partial charge in [-0.1, -0.05) is 35.2 Å². The van der Waals surface area contributed by atoms with Crippen LogP contribution in [0.25, 0.3) is 10.9 Å². The topological polar surface area (TPSA) is 14.2 Å². The number of halogens is 1. The van der Waals surface area contributed by atoms with Gasteiger partial charge < -0.3 is 9.30 Å². The SMILES string of the molecule is COc1ccc2c(c1)c(CCBr)c(C)n2CC1CCCCC1. The molecule has 2 nitrogen and oxygen atoms in total. The first-order valence-electron chi connectivity index (χ1n) is 8.46. The quantitative estimate of drug-likeness (QED) is 0.641. The van der Waals surface area contributed by atoms with Gasteiger partial charge in [0.05, 0.1) is 7.11 Å². The van der Waals surface area contributed by atoms with E-state index in [4.69, 9.17) is 4.74 Å². The van der Waals surface area contributed by atoms with Crippen LogP contribution < -0.4 is 4.74 Å². The molecule has 0 N–H and O–H groups in total. The van der Waals surface area contributed by atoms with E-state index >= 15 is 0 Å². The molecule has 1 aliphatic carbocycles. The van der Waals surface area contributed by atoms with Gasteiger partial charge in [0.2, 0.25) is 0 Å². The van der Waals surface area contributed by atoms with Crippen molar-refractivity contribution in [3.05, 3.63) is 29.5 Å².